The molecular formula is C14H21ClN2O. The van der Waals surface area contributed by atoms with Gasteiger partial charge in [-0.25, -0.2) is 0 Å². The molecule has 0 aromatic heterocycles. The van der Waals surface area contributed by atoms with Crippen LogP contribution >= 0.6 is 11.6 Å². The lowest BCUT2D eigenvalue weighted by Gasteiger charge is -2.30. The highest BCUT2D eigenvalue weighted by Crippen LogP contribution is 2.31. The Balaban J connectivity index is 2.92. The monoisotopic (exact) mass is 268 g/mol. The number of hydrogen-bond donors (Lipinski definition) is 1. The Bertz CT molecular complexity index is 418. The Morgan fingerprint density at radius 2 is 2.00 bits per heavy atom. The van der Waals surface area contributed by atoms with E-state index in [9.17, 15) is 4.79 Å². The molecule has 0 radical (unpaired) electrons. The van der Waals surface area contributed by atoms with Crippen LogP contribution in [0.15, 0.2) is 24.3 Å². The van der Waals surface area contributed by atoms with Gasteiger partial charge in [0.25, 0.3) is 0 Å². The second-order valence-corrected chi connectivity index (χ2v) is 5.34. The average molecular weight is 269 g/mol. The summed E-state index contributed by atoms with van der Waals surface area (Å²) < 4.78 is 0. The minimum Gasteiger partial charge on any atom is -0.344 e. The zero-order valence-corrected chi connectivity index (χ0v) is 12.2. The smallest absolute Gasteiger partial charge is 0.232 e. The van der Waals surface area contributed by atoms with Gasteiger partial charge in [0.05, 0.1) is 5.41 Å². The first-order valence-electron chi connectivity index (χ1n) is 6.06. The van der Waals surface area contributed by atoms with Gasteiger partial charge < -0.3 is 10.2 Å². The van der Waals surface area contributed by atoms with E-state index in [0.29, 0.717) is 11.6 Å². The first-order valence-corrected chi connectivity index (χ1v) is 6.44. The van der Waals surface area contributed by atoms with Gasteiger partial charge in [-0.05, 0) is 32.5 Å². The second kappa shape index (κ2) is 6.21. The molecule has 4 heteroatoms. The van der Waals surface area contributed by atoms with Gasteiger partial charge in [0.1, 0.15) is 0 Å². The van der Waals surface area contributed by atoms with Gasteiger partial charge in [-0.15, -0.1) is 0 Å². The van der Waals surface area contributed by atoms with Gasteiger partial charge in [0.15, 0.2) is 0 Å². The van der Waals surface area contributed by atoms with Crippen molar-refractivity contribution >= 4 is 17.5 Å². The highest BCUT2D eigenvalue weighted by molar-refractivity contribution is 6.31. The van der Waals surface area contributed by atoms with Crippen molar-refractivity contribution < 1.29 is 4.79 Å². The molecule has 3 nitrogen and oxygen atoms in total. The van der Waals surface area contributed by atoms with E-state index in [-0.39, 0.29) is 5.91 Å². The van der Waals surface area contributed by atoms with E-state index in [1.165, 1.54) is 0 Å². The van der Waals surface area contributed by atoms with Crippen LogP contribution < -0.4 is 5.32 Å². The lowest BCUT2D eigenvalue weighted by Crippen LogP contribution is -2.43. The molecule has 0 saturated heterocycles. The zero-order valence-electron chi connectivity index (χ0n) is 11.5. The number of nitrogens with zero attached hydrogens (tertiary/aromatic N) is 1. The van der Waals surface area contributed by atoms with Crippen molar-refractivity contribution in [2.75, 3.05) is 27.2 Å². The number of nitrogens with one attached hydrogen (secondary N) is 1. The largest absolute Gasteiger partial charge is 0.344 e. The van der Waals surface area contributed by atoms with Crippen LogP contribution in [0.5, 0.6) is 0 Å². The molecule has 18 heavy (non-hydrogen) atoms. The van der Waals surface area contributed by atoms with E-state index in [2.05, 4.69) is 5.32 Å². The van der Waals surface area contributed by atoms with Gasteiger partial charge in [0, 0.05) is 25.2 Å². The molecule has 0 aliphatic carbocycles. The zero-order chi connectivity index (χ0) is 13.8. The molecule has 1 aromatic rings. The molecule has 0 bridgehead atoms. The third-order valence-corrected chi connectivity index (χ3v) is 3.46. The Kier molecular flexibility index (Phi) is 5.17. The number of hydrogen-bond acceptors (Lipinski definition) is 2. The maximum atomic E-state index is 12.5. The molecule has 1 amide bonds. The summed E-state index contributed by atoms with van der Waals surface area (Å²) in [5.41, 5.74) is 0.258. The lowest BCUT2D eigenvalue weighted by molar-refractivity contribution is -0.134. The Morgan fingerprint density at radius 3 is 2.56 bits per heavy atom. The third kappa shape index (κ3) is 3.24. The van der Waals surface area contributed by atoms with Crippen LogP contribution in [0.2, 0.25) is 5.02 Å². The van der Waals surface area contributed by atoms with Crippen LogP contribution in [0.4, 0.5) is 0 Å². The molecule has 0 aliphatic rings. The van der Waals surface area contributed by atoms with Gasteiger partial charge in [-0.1, -0.05) is 29.8 Å². The first-order chi connectivity index (χ1) is 8.41. The van der Waals surface area contributed by atoms with Crippen molar-refractivity contribution in [2.24, 2.45) is 0 Å². The van der Waals surface area contributed by atoms with Gasteiger partial charge in [-0.2, -0.15) is 0 Å². The molecule has 1 rings (SSSR count). The fraction of sp³-hybridized carbons (Fsp3) is 0.500. The summed E-state index contributed by atoms with van der Waals surface area (Å²) in [6.45, 7) is 5.28. The molecule has 0 saturated carbocycles. The number of amides is 1. The number of halogens is 1. The topological polar surface area (TPSA) is 32.3 Å². The average Bonchev–Trinajstić information content (AvgIpc) is 2.35. The van der Waals surface area contributed by atoms with E-state index in [0.717, 1.165) is 12.1 Å². The lowest BCUT2D eigenvalue weighted by atomic mass is 9.83. The summed E-state index contributed by atoms with van der Waals surface area (Å²) in [5.74, 6) is 0.0749. The van der Waals surface area contributed by atoms with Crippen molar-refractivity contribution in [3.63, 3.8) is 0 Å². The summed E-state index contributed by atoms with van der Waals surface area (Å²) in [6, 6.07) is 7.51. The fourth-order valence-electron chi connectivity index (χ4n) is 1.94. The second-order valence-electron chi connectivity index (χ2n) is 4.94. The quantitative estimate of drug-likeness (QED) is 0.889. The van der Waals surface area contributed by atoms with E-state index < -0.39 is 5.41 Å². The summed E-state index contributed by atoms with van der Waals surface area (Å²) in [6.07, 6.45) is 0. The van der Waals surface area contributed by atoms with E-state index in [4.69, 9.17) is 11.6 Å². The number of rotatable bonds is 5. The number of carbonyl (C=O) groups excluding carboxylic acids is 1. The van der Waals surface area contributed by atoms with Crippen LogP contribution in [0.25, 0.3) is 0 Å². The predicted octanol–water partition coefficient (Wildman–Crippen LogP) is 2.30. The van der Waals surface area contributed by atoms with E-state index in [1.807, 2.05) is 52.2 Å². The summed E-state index contributed by atoms with van der Waals surface area (Å²) in [7, 11) is 3.69. The highest BCUT2D eigenvalue weighted by Gasteiger charge is 2.33. The molecule has 0 unspecified atom stereocenters. The Labute approximate surface area is 114 Å². The molecular weight excluding hydrogens is 248 g/mol. The predicted molar refractivity (Wildman–Crippen MR) is 76.0 cm³/mol. The Morgan fingerprint density at radius 1 is 1.39 bits per heavy atom. The van der Waals surface area contributed by atoms with Crippen LogP contribution in [-0.2, 0) is 10.2 Å². The molecule has 0 aliphatic heterocycles. The van der Waals surface area contributed by atoms with Crippen molar-refractivity contribution in [3.05, 3.63) is 34.9 Å². The first kappa shape index (κ1) is 15.0. The molecule has 0 atom stereocenters. The van der Waals surface area contributed by atoms with Crippen molar-refractivity contribution in [1.82, 2.24) is 10.2 Å². The maximum absolute atomic E-state index is 12.5. The summed E-state index contributed by atoms with van der Waals surface area (Å²) in [5, 5.41) is 3.67. The maximum Gasteiger partial charge on any atom is 0.232 e. The third-order valence-electron chi connectivity index (χ3n) is 3.13. The molecule has 0 spiro atoms. The van der Waals surface area contributed by atoms with Gasteiger partial charge in [0.2, 0.25) is 5.91 Å². The van der Waals surface area contributed by atoms with E-state index in [1.54, 1.807) is 4.90 Å². The molecule has 0 fully saturated rings. The van der Waals surface area contributed by atoms with Crippen LogP contribution in [-0.4, -0.2) is 38.0 Å². The fourth-order valence-corrected chi connectivity index (χ4v) is 2.31. The van der Waals surface area contributed by atoms with Crippen LogP contribution in [0, 0.1) is 0 Å². The minimum atomic E-state index is -0.610. The van der Waals surface area contributed by atoms with Crippen molar-refractivity contribution in [3.8, 4) is 0 Å². The molecule has 0 heterocycles. The number of benzene rings is 1. The highest BCUT2D eigenvalue weighted by atomic mass is 35.5. The van der Waals surface area contributed by atoms with E-state index >= 15 is 0 Å². The molecule has 1 aromatic carbocycles. The van der Waals surface area contributed by atoms with Crippen LogP contribution in [0.1, 0.15) is 19.4 Å². The summed E-state index contributed by atoms with van der Waals surface area (Å²) in [4.78, 5) is 14.2. The summed E-state index contributed by atoms with van der Waals surface area (Å²) >= 11 is 6.18. The van der Waals surface area contributed by atoms with Crippen molar-refractivity contribution in [1.29, 1.82) is 0 Å². The van der Waals surface area contributed by atoms with Gasteiger partial charge >= 0.3 is 0 Å². The van der Waals surface area contributed by atoms with Crippen LogP contribution in [0.3, 0.4) is 0 Å². The number of likely N-dealkylation sites (N-methyl/N-ethyl adjacent to an activating group) is 2. The molecule has 100 valence electrons. The van der Waals surface area contributed by atoms with Gasteiger partial charge in [-0.3, -0.25) is 4.79 Å². The normalized spacial score (nSPS) is 11.4. The SMILES string of the molecule is CNCCN(C)C(=O)C(C)(C)c1ccccc1Cl. The minimum absolute atomic E-state index is 0.0749. The standard InChI is InChI=1S/C14H21ClN2O/c1-14(2,11-7-5-6-8-12(11)15)13(18)17(4)10-9-16-3/h5-8,16H,9-10H2,1-4H3. The van der Waals surface area contributed by atoms with Crippen molar-refractivity contribution in [2.45, 2.75) is 19.3 Å². The number of carbonyl (C=O) groups is 1. The Hall–Kier alpha value is -1.06. The molecule has 1 N–H and O–H groups in total.